The van der Waals surface area contributed by atoms with Gasteiger partial charge in [-0.15, -0.1) is 0 Å². The lowest BCUT2D eigenvalue weighted by Gasteiger charge is -2.14. The topological polar surface area (TPSA) is 108 Å². The van der Waals surface area contributed by atoms with Crippen LogP contribution in [0.3, 0.4) is 0 Å². The van der Waals surface area contributed by atoms with E-state index in [9.17, 15) is 19.5 Å². The van der Waals surface area contributed by atoms with Crippen LogP contribution in [0.25, 0.3) is 6.08 Å². The molecule has 0 bridgehead atoms. The summed E-state index contributed by atoms with van der Waals surface area (Å²) in [6.45, 7) is 0.479. The third kappa shape index (κ3) is 4.92. The van der Waals surface area contributed by atoms with E-state index in [0.29, 0.717) is 39.4 Å². The maximum atomic E-state index is 12.8. The molecule has 1 saturated heterocycles. The van der Waals surface area contributed by atoms with Crippen molar-refractivity contribution in [2.75, 3.05) is 18.7 Å². The lowest BCUT2D eigenvalue weighted by atomic mass is 10.2. The number of ether oxygens (including phenoxy) is 2. The number of amides is 2. The zero-order valence-corrected chi connectivity index (χ0v) is 18.3. The number of benzene rings is 2. The Balaban J connectivity index is 1.31. The molecule has 0 saturated carbocycles. The summed E-state index contributed by atoms with van der Waals surface area (Å²) >= 11 is 6.54. The van der Waals surface area contributed by atoms with Crippen molar-refractivity contribution in [3.63, 3.8) is 0 Å². The highest BCUT2D eigenvalue weighted by molar-refractivity contribution is 8.26. The van der Waals surface area contributed by atoms with Crippen LogP contribution >= 0.6 is 24.0 Å². The molecule has 2 aromatic carbocycles. The van der Waals surface area contributed by atoms with E-state index in [1.165, 1.54) is 34.9 Å². The molecular formula is C22H17N2O6S2-. The number of anilines is 1. The number of aromatic carboxylic acids is 1. The van der Waals surface area contributed by atoms with Crippen molar-refractivity contribution in [1.29, 1.82) is 0 Å². The first-order valence-corrected chi connectivity index (χ1v) is 10.9. The molecule has 32 heavy (non-hydrogen) atoms. The van der Waals surface area contributed by atoms with Crippen LogP contribution in [-0.2, 0) is 9.59 Å². The molecule has 2 aromatic rings. The summed E-state index contributed by atoms with van der Waals surface area (Å²) in [6, 6.07) is 11.2. The summed E-state index contributed by atoms with van der Waals surface area (Å²) in [5, 5.41) is 13.6. The van der Waals surface area contributed by atoms with E-state index < -0.39 is 5.97 Å². The molecule has 10 heteroatoms. The molecule has 8 nitrogen and oxygen atoms in total. The molecular weight excluding hydrogens is 452 g/mol. The Bertz CT molecular complexity index is 1150. The number of thiocarbonyl (C=S) groups is 1. The van der Waals surface area contributed by atoms with E-state index >= 15 is 0 Å². The van der Waals surface area contributed by atoms with E-state index in [2.05, 4.69) is 5.32 Å². The molecule has 2 amide bonds. The van der Waals surface area contributed by atoms with Crippen molar-refractivity contribution in [3.8, 4) is 11.5 Å². The standard InChI is InChI=1S/C22H18N2O6S2/c25-19(23-15-4-1-3-14(11-15)21(27)28)5-2-8-24-20(26)18(32-22(24)31)10-13-6-7-16-17(9-13)30-12-29-16/h1,3-4,6-7,9-11H,2,5,8,12H2,(H,23,25)(H,27,28)/p-1/b18-10-. The molecule has 0 unspecified atom stereocenters. The summed E-state index contributed by atoms with van der Waals surface area (Å²) in [5.74, 6) is -0.518. The van der Waals surface area contributed by atoms with Crippen LogP contribution in [0.5, 0.6) is 11.5 Å². The largest absolute Gasteiger partial charge is 0.545 e. The van der Waals surface area contributed by atoms with E-state index in [1.54, 1.807) is 24.3 Å². The number of carboxylic acids is 1. The maximum absolute atomic E-state index is 12.8. The molecule has 0 atom stereocenters. The summed E-state index contributed by atoms with van der Waals surface area (Å²) in [5.41, 5.74) is 1.15. The first-order valence-electron chi connectivity index (χ1n) is 9.67. The smallest absolute Gasteiger partial charge is 0.266 e. The minimum atomic E-state index is -1.32. The number of fused-ring (bicyclic) bond motifs is 1. The number of nitrogens with zero attached hydrogens (tertiary/aromatic N) is 1. The molecule has 0 aliphatic carbocycles. The number of rotatable bonds is 7. The Morgan fingerprint density at radius 3 is 2.81 bits per heavy atom. The van der Waals surface area contributed by atoms with Crippen LogP contribution < -0.4 is 19.9 Å². The van der Waals surface area contributed by atoms with Crippen molar-refractivity contribution < 1.29 is 29.0 Å². The Morgan fingerprint density at radius 2 is 2.00 bits per heavy atom. The molecule has 0 spiro atoms. The molecule has 4 rings (SSSR count). The molecule has 2 aliphatic rings. The molecule has 1 fully saturated rings. The van der Waals surface area contributed by atoms with Crippen LogP contribution in [-0.4, -0.2) is 40.3 Å². The first-order chi connectivity index (χ1) is 15.4. The van der Waals surface area contributed by atoms with Gasteiger partial charge in [-0.25, -0.2) is 0 Å². The van der Waals surface area contributed by atoms with Crippen molar-refractivity contribution in [2.24, 2.45) is 0 Å². The molecule has 164 valence electrons. The number of thioether (sulfide) groups is 1. The second-order valence-corrected chi connectivity index (χ2v) is 8.64. The predicted molar refractivity (Wildman–Crippen MR) is 121 cm³/mol. The number of carbonyl (C=O) groups is 3. The summed E-state index contributed by atoms with van der Waals surface area (Å²) in [7, 11) is 0. The average Bonchev–Trinajstić information content (AvgIpc) is 3.33. The van der Waals surface area contributed by atoms with Gasteiger partial charge in [-0.1, -0.05) is 42.2 Å². The highest BCUT2D eigenvalue weighted by Crippen LogP contribution is 2.36. The Hall–Kier alpha value is -3.37. The molecule has 2 heterocycles. The quantitative estimate of drug-likeness (QED) is 0.487. The number of hydrogen-bond acceptors (Lipinski definition) is 8. The third-order valence-corrected chi connectivity index (χ3v) is 6.11. The van der Waals surface area contributed by atoms with Gasteiger partial charge in [0.25, 0.3) is 5.91 Å². The van der Waals surface area contributed by atoms with Gasteiger partial charge in [0.2, 0.25) is 12.7 Å². The van der Waals surface area contributed by atoms with Gasteiger partial charge in [-0.2, -0.15) is 0 Å². The zero-order valence-electron chi connectivity index (χ0n) is 16.7. The van der Waals surface area contributed by atoms with Gasteiger partial charge in [-0.05, 0) is 47.9 Å². The van der Waals surface area contributed by atoms with Crippen molar-refractivity contribution in [1.82, 2.24) is 4.90 Å². The van der Waals surface area contributed by atoms with Crippen molar-refractivity contribution in [3.05, 3.63) is 58.5 Å². The molecule has 0 aromatic heterocycles. The van der Waals surface area contributed by atoms with Gasteiger partial charge in [-0.3, -0.25) is 14.5 Å². The fraction of sp³-hybridized carbons (Fsp3) is 0.182. The zero-order chi connectivity index (χ0) is 22.7. The number of carbonyl (C=O) groups excluding carboxylic acids is 3. The number of nitrogens with one attached hydrogen (secondary N) is 1. The normalized spacial score (nSPS) is 16.0. The van der Waals surface area contributed by atoms with Crippen LogP contribution in [0.2, 0.25) is 0 Å². The van der Waals surface area contributed by atoms with Gasteiger partial charge in [0, 0.05) is 18.7 Å². The summed E-state index contributed by atoms with van der Waals surface area (Å²) in [6.07, 6.45) is 2.29. The lowest BCUT2D eigenvalue weighted by molar-refractivity contribution is -0.255. The van der Waals surface area contributed by atoms with Crippen molar-refractivity contribution in [2.45, 2.75) is 12.8 Å². The average molecular weight is 470 g/mol. The second-order valence-electron chi connectivity index (χ2n) is 6.97. The van der Waals surface area contributed by atoms with E-state index in [4.69, 9.17) is 21.7 Å². The fourth-order valence-corrected chi connectivity index (χ4v) is 4.50. The van der Waals surface area contributed by atoms with Gasteiger partial charge >= 0.3 is 0 Å². The third-order valence-electron chi connectivity index (χ3n) is 4.74. The van der Waals surface area contributed by atoms with Gasteiger partial charge in [0.05, 0.1) is 10.9 Å². The van der Waals surface area contributed by atoms with Crippen LogP contribution in [0.1, 0.15) is 28.8 Å². The van der Waals surface area contributed by atoms with E-state index in [1.807, 2.05) is 6.07 Å². The Morgan fingerprint density at radius 1 is 1.19 bits per heavy atom. The summed E-state index contributed by atoms with van der Waals surface area (Å²) < 4.78 is 11.1. The van der Waals surface area contributed by atoms with Gasteiger partial charge < -0.3 is 24.7 Å². The highest BCUT2D eigenvalue weighted by atomic mass is 32.2. The molecule has 1 N–H and O–H groups in total. The predicted octanol–water partition coefficient (Wildman–Crippen LogP) is 2.40. The highest BCUT2D eigenvalue weighted by Gasteiger charge is 2.31. The van der Waals surface area contributed by atoms with Crippen LogP contribution in [0.15, 0.2) is 47.4 Å². The second kappa shape index (κ2) is 9.41. The number of carboxylic acid groups (broad SMARTS) is 1. The minimum absolute atomic E-state index is 0.0189. The molecule has 2 aliphatic heterocycles. The fourth-order valence-electron chi connectivity index (χ4n) is 3.19. The first kappa shape index (κ1) is 21.8. The van der Waals surface area contributed by atoms with Crippen LogP contribution in [0, 0.1) is 0 Å². The van der Waals surface area contributed by atoms with E-state index in [-0.39, 0.29) is 30.6 Å². The van der Waals surface area contributed by atoms with Crippen LogP contribution in [0.4, 0.5) is 5.69 Å². The monoisotopic (exact) mass is 469 g/mol. The Labute approximate surface area is 193 Å². The number of hydrogen-bond donors (Lipinski definition) is 1. The van der Waals surface area contributed by atoms with Gasteiger partial charge in [0.1, 0.15) is 4.32 Å². The lowest BCUT2D eigenvalue weighted by Crippen LogP contribution is -2.29. The minimum Gasteiger partial charge on any atom is -0.545 e. The van der Waals surface area contributed by atoms with Gasteiger partial charge in [0.15, 0.2) is 11.5 Å². The molecule has 0 radical (unpaired) electrons. The SMILES string of the molecule is O=C(CCCN1C(=O)/C(=C/c2ccc3c(c2)OCO3)SC1=S)Nc1cccc(C(=O)[O-])c1. The Kier molecular flexibility index (Phi) is 6.42. The summed E-state index contributed by atoms with van der Waals surface area (Å²) in [4.78, 5) is 37.8. The van der Waals surface area contributed by atoms with Crippen molar-refractivity contribution >= 4 is 57.8 Å². The maximum Gasteiger partial charge on any atom is 0.266 e. The van der Waals surface area contributed by atoms with E-state index in [0.717, 1.165) is 5.56 Å².